The van der Waals surface area contributed by atoms with Gasteiger partial charge >= 0.3 is 27.6 Å². The van der Waals surface area contributed by atoms with E-state index in [1.807, 2.05) is 0 Å². The molecule has 1 rings (SSSR count). The Balaban J connectivity index is 2.40. The second-order valence-corrected chi connectivity index (χ2v) is 17.3. The number of carbonyl (C=O) groups is 2. The minimum atomic E-state index is -4.87. The van der Waals surface area contributed by atoms with Gasteiger partial charge in [-0.1, -0.05) is 114 Å². The first-order valence-corrected chi connectivity index (χ1v) is 24.5. The van der Waals surface area contributed by atoms with Gasteiger partial charge in [0.15, 0.2) is 6.10 Å². The largest absolute Gasteiger partial charge is 0.472 e. The summed E-state index contributed by atoms with van der Waals surface area (Å²) in [6.07, 6.45) is 35.6. The van der Waals surface area contributed by atoms with Crippen molar-refractivity contribution in [3.8, 4) is 0 Å². The Hall–Kier alpha value is -1.96. The summed E-state index contributed by atoms with van der Waals surface area (Å²) in [4.78, 5) is 52.6. The smallest absolute Gasteiger partial charge is 0.462 e. The van der Waals surface area contributed by atoms with E-state index in [4.69, 9.17) is 28.5 Å². The minimum absolute atomic E-state index is 0.0755. The number of phosphoric acid groups is 2. The van der Waals surface area contributed by atoms with E-state index in [1.165, 1.54) is 44.9 Å². The molecule has 1 aliphatic heterocycles. The number of aliphatic hydroxyl groups is 1. The van der Waals surface area contributed by atoms with Crippen LogP contribution >= 0.6 is 15.6 Å². The Kier molecular flexibility index (Phi) is 32.4. The van der Waals surface area contributed by atoms with Crippen LogP contribution in [0.25, 0.3) is 0 Å². The summed E-state index contributed by atoms with van der Waals surface area (Å²) >= 11 is 0. The standard InChI is InChI=1S/C42H74O14P2/c1-3-5-7-8-9-10-11-12-13-14-15-16-21-24-28-32-42(45)55-38(36-54-58(49,50)53-34-37(43)33-52-57(46,47)48)35-51-41(44)31-27-23-20-18-17-19-22-26-30-40-39(56-40)29-25-6-4-2/h9-10,12-13,15-16,22,26,37-40,43H,3-8,11,14,17-21,23-25,27-36H2,1-2H3,(H,49,50)(H2,46,47,48)/b10-9-,13-12-,16-15-,26-22-/t37-,38+,39?,40?/m0/s1. The van der Waals surface area contributed by atoms with Gasteiger partial charge in [-0.05, 0) is 77.0 Å². The first-order chi connectivity index (χ1) is 27.8. The van der Waals surface area contributed by atoms with E-state index in [-0.39, 0.29) is 12.8 Å². The van der Waals surface area contributed by atoms with Crippen molar-refractivity contribution in [2.75, 3.05) is 26.4 Å². The average molecular weight is 865 g/mol. The summed E-state index contributed by atoms with van der Waals surface area (Å²) in [5.41, 5.74) is 0. The van der Waals surface area contributed by atoms with Gasteiger partial charge in [0.25, 0.3) is 0 Å². The summed E-state index contributed by atoms with van der Waals surface area (Å²) < 4.78 is 53.4. The molecule has 0 aromatic rings. The molecule has 3 unspecified atom stereocenters. The molecule has 0 bridgehead atoms. The Labute approximate surface area is 347 Å². The molecule has 14 nitrogen and oxygen atoms in total. The molecule has 1 heterocycles. The lowest BCUT2D eigenvalue weighted by Gasteiger charge is -2.20. The van der Waals surface area contributed by atoms with Crippen LogP contribution in [0.5, 0.6) is 0 Å². The number of aliphatic hydroxyl groups excluding tert-OH is 1. The molecule has 0 saturated carbocycles. The van der Waals surface area contributed by atoms with E-state index in [0.29, 0.717) is 25.0 Å². The second kappa shape index (κ2) is 34.7. The molecular weight excluding hydrogens is 790 g/mol. The Morgan fingerprint density at radius 3 is 1.79 bits per heavy atom. The van der Waals surface area contributed by atoms with Crippen LogP contribution in [-0.4, -0.2) is 82.6 Å². The summed E-state index contributed by atoms with van der Waals surface area (Å²) in [7, 11) is -9.69. The van der Waals surface area contributed by atoms with Gasteiger partial charge in [0.05, 0.1) is 32.0 Å². The summed E-state index contributed by atoms with van der Waals surface area (Å²) in [5, 5.41) is 9.74. The van der Waals surface area contributed by atoms with E-state index in [2.05, 4.69) is 71.5 Å². The maximum Gasteiger partial charge on any atom is 0.472 e. The second-order valence-electron chi connectivity index (χ2n) is 14.6. The van der Waals surface area contributed by atoms with Gasteiger partial charge in [0.1, 0.15) is 12.7 Å². The molecule has 58 heavy (non-hydrogen) atoms. The van der Waals surface area contributed by atoms with Crippen LogP contribution < -0.4 is 0 Å². The number of hydrogen-bond acceptors (Lipinski definition) is 11. The third kappa shape index (κ3) is 34.9. The molecular formula is C42H74O14P2. The van der Waals surface area contributed by atoms with Crippen LogP contribution in [0, 0.1) is 0 Å². The normalized spacial score (nSPS) is 18.0. The highest BCUT2D eigenvalue weighted by Crippen LogP contribution is 2.44. The van der Waals surface area contributed by atoms with Gasteiger partial charge in [-0.2, -0.15) is 0 Å². The van der Waals surface area contributed by atoms with Crippen molar-refractivity contribution in [1.29, 1.82) is 0 Å². The minimum Gasteiger partial charge on any atom is -0.462 e. The number of rotatable bonds is 39. The molecule has 336 valence electrons. The third-order valence-corrected chi connectivity index (χ3v) is 10.5. The number of esters is 2. The molecule has 0 aliphatic carbocycles. The van der Waals surface area contributed by atoms with Crippen molar-refractivity contribution >= 4 is 27.6 Å². The van der Waals surface area contributed by atoms with Crippen LogP contribution in [-0.2, 0) is 46.5 Å². The quantitative estimate of drug-likeness (QED) is 0.0149. The zero-order chi connectivity index (χ0) is 42.7. The topological polar surface area (TPSA) is 208 Å². The molecule has 0 spiro atoms. The lowest BCUT2D eigenvalue weighted by atomic mass is 10.1. The first kappa shape index (κ1) is 54.1. The molecule has 0 amide bonds. The molecule has 1 fully saturated rings. The summed E-state index contributed by atoms with van der Waals surface area (Å²) in [6, 6.07) is 0. The van der Waals surface area contributed by atoms with Gasteiger partial charge in [0, 0.05) is 12.8 Å². The molecule has 16 heteroatoms. The van der Waals surface area contributed by atoms with Gasteiger partial charge < -0.3 is 34.0 Å². The number of unbranched alkanes of at least 4 members (excludes halogenated alkanes) is 12. The van der Waals surface area contributed by atoms with Crippen molar-refractivity contribution in [1.82, 2.24) is 0 Å². The summed E-state index contributed by atoms with van der Waals surface area (Å²) in [6.45, 7) is 1.63. The number of allylic oxidation sites excluding steroid dienone is 7. The Bertz CT molecular complexity index is 1280. The van der Waals surface area contributed by atoms with Gasteiger partial charge in [-0.3, -0.25) is 23.2 Å². The highest BCUT2D eigenvalue weighted by Gasteiger charge is 2.36. The fraction of sp³-hybridized carbons (Fsp3) is 0.762. The van der Waals surface area contributed by atoms with Crippen molar-refractivity contribution in [3.63, 3.8) is 0 Å². The Morgan fingerprint density at radius 2 is 1.12 bits per heavy atom. The predicted octanol–water partition coefficient (Wildman–Crippen LogP) is 9.66. The maximum atomic E-state index is 12.6. The highest BCUT2D eigenvalue weighted by molar-refractivity contribution is 7.47. The fourth-order valence-electron chi connectivity index (χ4n) is 5.71. The number of carbonyl (C=O) groups excluding carboxylic acids is 2. The molecule has 1 saturated heterocycles. The zero-order valence-corrected chi connectivity index (χ0v) is 36.9. The molecule has 5 atom stereocenters. The van der Waals surface area contributed by atoms with E-state index in [1.54, 1.807) is 0 Å². The van der Waals surface area contributed by atoms with Gasteiger partial charge in [-0.25, -0.2) is 9.13 Å². The van der Waals surface area contributed by atoms with Gasteiger partial charge in [-0.15, -0.1) is 0 Å². The van der Waals surface area contributed by atoms with Crippen LogP contribution in [0.4, 0.5) is 0 Å². The maximum absolute atomic E-state index is 12.6. The van der Waals surface area contributed by atoms with Crippen molar-refractivity contribution in [2.45, 2.75) is 180 Å². The van der Waals surface area contributed by atoms with Crippen LogP contribution in [0.2, 0.25) is 0 Å². The third-order valence-electron chi connectivity index (χ3n) is 9.10. The number of phosphoric ester groups is 2. The predicted molar refractivity (Wildman–Crippen MR) is 225 cm³/mol. The zero-order valence-electron chi connectivity index (χ0n) is 35.1. The van der Waals surface area contributed by atoms with E-state index in [0.717, 1.165) is 70.6 Å². The Morgan fingerprint density at radius 1 is 0.603 bits per heavy atom. The average Bonchev–Trinajstić information content (AvgIpc) is 3.94. The molecule has 0 aromatic carbocycles. The van der Waals surface area contributed by atoms with Crippen LogP contribution in [0.3, 0.4) is 0 Å². The number of hydrogen-bond donors (Lipinski definition) is 4. The van der Waals surface area contributed by atoms with E-state index < -0.39 is 66.2 Å². The number of ether oxygens (including phenoxy) is 3. The number of epoxide rings is 1. The fourth-order valence-corrected chi connectivity index (χ4v) is 6.87. The van der Waals surface area contributed by atoms with Crippen molar-refractivity contribution in [3.05, 3.63) is 48.6 Å². The van der Waals surface area contributed by atoms with Crippen molar-refractivity contribution < 1.29 is 66.3 Å². The highest BCUT2D eigenvalue weighted by atomic mass is 31.2. The van der Waals surface area contributed by atoms with E-state index in [9.17, 15) is 28.7 Å². The first-order valence-electron chi connectivity index (χ1n) is 21.5. The van der Waals surface area contributed by atoms with Crippen molar-refractivity contribution in [2.24, 2.45) is 0 Å². The van der Waals surface area contributed by atoms with Crippen LogP contribution in [0.15, 0.2) is 48.6 Å². The van der Waals surface area contributed by atoms with E-state index >= 15 is 0 Å². The SMILES string of the molecule is CCCCC/C=C\C/C=C\C/C=C\CCCCC(=O)O[C@H](COC(=O)CCCCCCC/C=C\CC1OC1CCCCC)COP(=O)(O)OC[C@@H](O)COP(=O)(O)O. The lowest BCUT2D eigenvalue weighted by Crippen LogP contribution is -2.30. The monoisotopic (exact) mass is 864 g/mol. The summed E-state index contributed by atoms with van der Waals surface area (Å²) in [5.74, 6) is -1.10. The molecule has 4 N–H and O–H groups in total. The molecule has 1 aliphatic rings. The van der Waals surface area contributed by atoms with Gasteiger partial charge in [0.2, 0.25) is 0 Å². The molecule has 0 radical (unpaired) electrons. The molecule has 0 aromatic heterocycles. The lowest BCUT2D eigenvalue weighted by molar-refractivity contribution is -0.161. The van der Waals surface area contributed by atoms with Crippen LogP contribution in [0.1, 0.15) is 155 Å².